The molecule has 0 atom stereocenters. The van der Waals surface area contributed by atoms with E-state index in [1.807, 2.05) is 0 Å². The minimum atomic E-state index is -3.65. The second-order valence-corrected chi connectivity index (χ2v) is 12.6. The lowest BCUT2D eigenvalue weighted by atomic mass is 9.88. The predicted molar refractivity (Wildman–Crippen MR) is 124 cm³/mol. The molecule has 0 unspecified atom stereocenters. The molecule has 172 valence electrons. The third-order valence-corrected chi connectivity index (χ3v) is 10.4. The van der Waals surface area contributed by atoms with Crippen LogP contribution in [0.1, 0.15) is 54.6 Å². The summed E-state index contributed by atoms with van der Waals surface area (Å²) in [4.78, 5) is 27.8. The van der Waals surface area contributed by atoms with Crippen LogP contribution in [0.5, 0.6) is 0 Å². The molecule has 3 fully saturated rings. The van der Waals surface area contributed by atoms with Crippen LogP contribution in [0.3, 0.4) is 0 Å². The zero-order valence-corrected chi connectivity index (χ0v) is 20.2. The smallest absolute Gasteiger partial charge is 0.265 e. The lowest BCUT2D eigenvalue weighted by Gasteiger charge is -2.33. The second kappa shape index (κ2) is 10.2. The fraction of sp³-hybridized carbons (Fsp3) is 0.714. The van der Waals surface area contributed by atoms with Crippen molar-refractivity contribution in [3.05, 3.63) is 16.3 Å². The number of rotatable bonds is 5. The number of likely N-dealkylation sites (tertiary alicyclic amines) is 1. The number of thioether (sulfide) groups is 1. The number of carbonyl (C=O) groups is 2. The van der Waals surface area contributed by atoms with Gasteiger partial charge in [-0.25, -0.2) is 8.42 Å². The number of sulfonamides is 1. The Morgan fingerprint density at radius 2 is 1.65 bits per heavy atom. The Hall–Kier alpha value is -1.10. The highest BCUT2D eigenvalue weighted by atomic mass is 32.2. The highest BCUT2D eigenvalue weighted by Gasteiger charge is 2.34. The number of hydrogen-bond donors (Lipinski definition) is 1. The normalized spacial score (nSPS) is 22.4. The first kappa shape index (κ1) is 23.1. The highest BCUT2D eigenvalue weighted by Crippen LogP contribution is 2.29. The van der Waals surface area contributed by atoms with Crippen LogP contribution in [-0.4, -0.2) is 73.2 Å². The molecular formula is C21H31N3O4S3. The predicted octanol–water partition coefficient (Wildman–Crippen LogP) is 2.79. The number of nitrogens with one attached hydrogen (secondary N) is 1. The summed E-state index contributed by atoms with van der Waals surface area (Å²) in [6, 6.07) is 1.66. The van der Waals surface area contributed by atoms with Gasteiger partial charge in [-0.15, -0.1) is 11.3 Å². The summed E-state index contributed by atoms with van der Waals surface area (Å²) in [6.07, 6.45) is 6.87. The number of thiophene rings is 1. The first-order valence-corrected chi connectivity index (χ1v) is 14.7. The first-order chi connectivity index (χ1) is 15.0. The van der Waals surface area contributed by atoms with E-state index in [-0.39, 0.29) is 28.7 Å². The first-order valence-electron chi connectivity index (χ1n) is 11.2. The molecule has 0 spiro atoms. The Morgan fingerprint density at radius 1 is 0.968 bits per heavy atom. The third kappa shape index (κ3) is 5.29. The number of nitrogens with zero attached hydrogens (tertiary/aromatic N) is 2. The molecule has 0 aromatic carbocycles. The lowest BCUT2D eigenvalue weighted by molar-refractivity contribution is -0.126. The Kier molecular flexibility index (Phi) is 7.61. The molecule has 10 heteroatoms. The Bertz CT molecular complexity index is 881. The van der Waals surface area contributed by atoms with Gasteiger partial charge < -0.3 is 10.2 Å². The fourth-order valence-electron chi connectivity index (χ4n) is 4.64. The Labute approximate surface area is 193 Å². The van der Waals surface area contributed by atoms with E-state index in [0.717, 1.165) is 37.2 Å². The van der Waals surface area contributed by atoms with E-state index in [2.05, 4.69) is 5.32 Å². The van der Waals surface area contributed by atoms with Crippen LogP contribution in [-0.2, 0) is 14.8 Å². The van der Waals surface area contributed by atoms with Crippen molar-refractivity contribution in [2.75, 3.05) is 37.7 Å². The third-order valence-electron chi connectivity index (χ3n) is 6.52. The van der Waals surface area contributed by atoms with Crippen molar-refractivity contribution in [2.45, 2.75) is 55.9 Å². The van der Waals surface area contributed by atoms with Gasteiger partial charge in [-0.05, 0) is 37.1 Å². The number of amides is 2. The van der Waals surface area contributed by atoms with Crippen molar-refractivity contribution in [2.24, 2.45) is 5.92 Å². The number of piperidine rings is 1. The average Bonchev–Trinajstić information content (AvgIpc) is 3.31. The van der Waals surface area contributed by atoms with Gasteiger partial charge in [0, 0.05) is 49.6 Å². The standard InChI is InChI=1S/C21H31N3O4S3/c25-20(16-4-2-1-3-5-16)22-17-6-9-23(10-7-17)21(26)19-18(8-13-30-19)31(27,28)24-11-14-29-15-12-24/h8,13,16-17H,1-7,9-12,14-15H2,(H,22,25). The molecule has 3 aliphatic rings. The number of hydrogen-bond acceptors (Lipinski definition) is 6. The Balaban J connectivity index is 1.35. The summed E-state index contributed by atoms with van der Waals surface area (Å²) in [5.41, 5.74) is 0. The summed E-state index contributed by atoms with van der Waals surface area (Å²) in [5, 5.41) is 4.87. The molecule has 4 rings (SSSR count). The maximum atomic E-state index is 13.1. The maximum Gasteiger partial charge on any atom is 0.265 e. The molecule has 2 amide bonds. The molecule has 1 aliphatic carbocycles. The van der Waals surface area contributed by atoms with Gasteiger partial charge in [0.1, 0.15) is 9.77 Å². The van der Waals surface area contributed by atoms with Crippen LogP contribution in [0.2, 0.25) is 0 Å². The molecule has 2 saturated heterocycles. The zero-order valence-electron chi connectivity index (χ0n) is 17.8. The van der Waals surface area contributed by atoms with Crippen LogP contribution in [0.15, 0.2) is 16.3 Å². The molecule has 1 saturated carbocycles. The van der Waals surface area contributed by atoms with Crippen LogP contribution in [0.4, 0.5) is 0 Å². The quantitative estimate of drug-likeness (QED) is 0.693. The van der Waals surface area contributed by atoms with E-state index in [9.17, 15) is 18.0 Å². The zero-order chi connectivity index (χ0) is 21.8. The lowest BCUT2D eigenvalue weighted by Crippen LogP contribution is -2.48. The van der Waals surface area contributed by atoms with E-state index in [1.54, 1.807) is 28.1 Å². The average molecular weight is 486 g/mol. The topological polar surface area (TPSA) is 86.8 Å². The molecule has 31 heavy (non-hydrogen) atoms. The van der Waals surface area contributed by atoms with Crippen molar-refractivity contribution in [1.82, 2.24) is 14.5 Å². The van der Waals surface area contributed by atoms with E-state index >= 15 is 0 Å². The monoisotopic (exact) mass is 485 g/mol. The van der Waals surface area contributed by atoms with Gasteiger partial charge in [0.05, 0.1) is 0 Å². The molecule has 3 heterocycles. The highest BCUT2D eigenvalue weighted by molar-refractivity contribution is 7.99. The summed E-state index contributed by atoms with van der Waals surface area (Å²) in [6.45, 7) is 2.05. The molecule has 1 aromatic rings. The van der Waals surface area contributed by atoms with E-state index in [1.165, 1.54) is 22.1 Å². The second-order valence-electron chi connectivity index (χ2n) is 8.54. The SMILES string of the molecule is O=C(NC1CCN(C(=O)c2sccc2S(=O)(=O)N2CCSCC2)CC1)C1CCCCC1. The summed E-state index contributed by atoms with van der Waals surface area (Å²) in [7, 11) is -3.65. The molecular weight excluding hydrogens is 454 g/mol. The van der Waals surface area contributed by atoms with E-state index < -0.39 is 10.0 Å². The summed E-state index contributed by atoms with van der Waals surface area (Å²) < 4.78 is 27.7. The largest absolute Gasteiger partial charge is 0.353 e. The van der Waals surface area contributed by atoms with Crippen molar-refractivity contribution < 1.29 is 18.0 Å². The molecule has 1 N–H and O–H groups in total. The molecule has 2 aliphatic heterocycles. The van der Waals surface area contributed by atoms with Gasteiger partial charge in [0.2, 0.25) is 15.9 Å². The van der Waals surface area contributed by atoms with Crippen LogP contribution in [0, 0.1) is 5.92 Å². The Morgan fingerprint density at radius 3 is 2.32 bits per heavy atom. The van der Waals surface area contributed by atoms with Gasteiger partial charge in [-0.2, -0.15) is 16.1 Å². The van der Waals surface area contributed by atoms with Crippen LogP contribution < -0.4 is 5.32 Å². The molecule has 0 bridgehead atoms. The van der Waals surface area contributed by atoms with Crippen molar-refractivity contribution in [3.63, 3.8) is 0 Å². The summed E-state index contributed by atoms with van der Waals surface area (Å²) in [5.74, 6) is 1.66. The molecule has 1 aromatic heterocycles. The van der Waals surface area contributed by atoms with E-state index in [4.69, 9.17) is 0 Å². The van der Waals surface area contributed by atoms with Gasteiger partial charge in [0.15, 0.2) is 0 Å². The van der Waals surface area contributed by atoms with Crippen molar-refractivity contribution in [1.29, 1.82) is 0 Å². The van der Waals surface area contributed by atoms with Crippen molar-refractivity contribution >= 4 is 44.9 Å². The molecule has 7 nitrogen and oxygen atoms in total. The minimum absolute atomic E-state index is 0.0934. The van der Waals surface area contributed by atoms with Gasteiger partial charge >= 0.3 is 0 Å². The molecule has 0 radical (unpaired) electrons. The van der Waals surface area contributed by atoms with Crippen LogP contribution in [0.25, 0.3) is 0 Å². The van der Waals surface area contributed by atoms with Crippen molar-refractivity contribution in [3.8, 4) is 0 Å². The summed E-state index contributed by atoms with van der Waals surface area (Å²) >= 11 is 2.95. The van der Waals surface area contributed by atoms with Crippen LogP contribution >= 0.6 is 23.1 Å². The minimum Gasteiger partial charge on any atom is -0.353 e. The van der Waals surface area contributed by atoms with Gasteiger partial charge in [-0.1, -0.05) is 19.3 Å². The van der Waals surface area contributed by atoms with E-state index in [0.29, 0.717) is 43.9 Å². The fourth-order valence-corrected chi connectivity index (χ4v) is 8.57. The maximum absolute atomic E-state index is 13.1. The van der Waals surface area contributed by atoms with Gasteiger partial charge in [-0.3, -0.25) is 9.59 Å². The van der Waals surface area contributed by atoms with Gasteiger partial charge in [0.25, 0.3) is 5.91 Å². The number of carbonyl (C=O) groups excluding carboxylic acids is 2.